The Labute approximate surface area is 150 Å². The molecule has 3 rings (SSSR count). The highest BCUT2D eigenvalue weighted by Crippen LogP contribution is 2.20. The zero-order chi connectivity index (χ0) is 16.9. The van der Waals surface area contributed by atoms with Crippen LogP contribution in [0.25, 0.3) is 22.7 Å². The van der Waals surface area contributed by atoms with Crippen LogP contribution in [0.4, 0.5) is 0 Å². The molecule has 1 amide bonds. The summed E-state index contributed by atoms with van der Waals surface area (Å²) >= 11 is 0. The number of rotatable bonds is 5. The van der Waals surface area contributed by atoms with Gasteiger partial charge in [0.1, 0.15) is 17.6 Å². The van der Waals surface area contributed by atoms with Gasteiger partial charge in [0, 0.05) is 0 Å². The van der Waals surface area contributed by atoms with E-state index in [1.54, 1.807) is 30.3 Å². The molecule has 0 spiro atoms. The Morgan fingerprint density at radius 3 is 2.60 bits per heavy atom. The third kappa shape index (κ3) is 4.37. The summed E-state index contributed by atoms with van der Waals surface area (Å²) in [6.07, 6.45) is 1.73. The Morgan fingerprint density at radius 1 is 1.24 bits per heavy atom. The van der Waals surface area contributed by atoms with Crippen molar-refractivity contribution in [1.29, 1.82) is 5.26 Å². The molecule has 2 aromatic carbocycles. The molecule has 0 atom stereocenters. The van der Waals surface area contributed by atoms with Crippen LogP contribution in [-0.4, -0.2) is 22.5 Å². The Hall–Kier alpha value is -3.30. The predicted molar refractivity (Wildman–Crippen MR) is 98.0 cm³/mol. The highest BCUT2D eigenvalue weighted by atomic mass is 35.5. The van der Waals surface area contributed by atoms with E-state index in [9.17, 15) is 10.1 Å². The molecule has 0 aliphatic rings. The molecule has 6 nitrogen and oxygen atoms in total. The molecule has 7 heteroatoms. The number of carbonyl (C=O) groups excluding carboxylic acids is 1. The van der Waals surface area contributed by atoms with Crippen LogP contribution in [0.1, 0.15) is 11.4 Å². The minimum atomic E-state index is -0.532. The van der Waals surface area contributed by atoms with Crippen LogP contribution in [0.3, 0.4) is 0 Å². The highest BCUT2D eigenvalue weighted by molar-refractivity contribution is 5.90. The fourth-order valence-electron chi connectivity index (χ4n) is 2.22. The topological polar surface area (TPSA) is 105 Å². The minimum Gasteiger partial charge on any atom is -0.484 e. The molecule has 0 bridgehead atoms. The quantitative estimate of drug-likeness (QED) is 0.687. The molecule has 0 unspecified atom stereocenters. The van der Waals surface area contributed by atoms with Gasteiger partial charge >= 0.3 is 0 Å². The predicted octanol–water partition coefficient (Wildman–Crippen LogP) is 2.91. The number of aromatic amines is 1. The van der Waals surface area contributed by atoms with E-state index in [4.69, 9.17) is 10.5 Å². The van der Waals surface area contributed by atoms with Crippen molar-refractivity contribution in [2.75, 3.05) is 6.61 Å². The third-order valence-corrected chi connectivity index (χ3v) is 3.34. The second-order valence-electron chi connectivity index (χ2n) is 5.10. The van der Waals surface area contributed by atoms with Crippen molar-refractivity contribution in [2.24, 2.45) is 5.73 Å². The van der Waals surface area contributed by atoms with Gasteiger partial charge in [-0.1, -0.05) is 24.3 Å². The van der Waals surface area contributed by atoms with Crippen molar-refractivity contribution in [3.05, 3.63) is 59.9 Å². The van der Waals surface area contributed by atoms with Crippen molar-refractivity contribution in [2.45, 2.75) is 0 Å². The molecule has 0 aliphatic heterocycles. The molecular weight excluding hydrogens is 340 g/mol. The molecule has 1 aromatic heterocycles. The van der Waals surface area contributed by atoms with Gasteiger partial charge in [0.15, 0.2) is 6.61 Å². The lowest BCUT2D eigenvalue weighted by atomic mass is 10.1. The first kappa shape index (κ1) is 18.0. The number of hydrogen-bond donors (Lipinski definition) is 2. The number of imidazole rings is 1. The maximum Gasteiger partial charge on any atom is 0.255 e. The van der Waals surface area contributed by atoms with Crippen molar-refractivity contribution in [3.63, 3.8) is 0 Å². The first-order valence-electron chi connectivity index (χ1n) is 7.24. The molecule has 0 saturated carbocycles. The monoisotopic (exact) mass is 354 g/mol. The summed E-state index contributed by atoms with van der Waals surface area (Å²) in [7, 11) is 0. The molecule has 3 N–H and O–H groups in total. The first-order chi connectivity index (χ1) is 11.7. The second kappa shape index (κ2) is 7.99. The number of amides is 1. The second-order valence-corrected chi connectivity index (χ2v) is 5.10. The Bertz CT molecular complexity index is 922. The van der Waals surface area contributed by atoms with E-state index in [2.05, 4.69) is 16.0 Å². The first-order valence-corrected chi connectivity index (χ1v) is 7.24. The summed E-state index contributed by atoms with van der Waals surface area (Å²) in [5.74, 6) is 0.525. The van der Waals surface area contributed by atoms with Gasteiger partial charge in [-0.05, 0) is 35.9 Å². The van der Waals surface area contributed by atoms with E-state index in [0.717, 1.165) is 16.6 Å². The van der Waals surface area contributed by atoms with Crippen molar-refractivity contribution in [1.82, 2.24) is 9.97 Å². The lowest BCUT2D eigenvalue weighted by Crippen LogP contribution is -2.19. The van der Waals surface area contributed by atoms with E-state index in [1.807, 2.05) is 24.3 Å². The average molecular weight is 355 g/mol. The van der Waals surface area contributed by atoms with Gasteiger partial charge in [0.05, 0.1) is 16.6 Å². The van der Waals surface area contributed by atoms with Crippen LogP contribution in [0.5, 0.6) is 5.75 Å². The van der Waals surface area contributed by atoms with Crippen molar-refractivity contribution < 1.29 is 9.53 Å². The maximum atomic E-state index is 10.7. The zero-order valence-corrected chi connectivity index (χ0v) is 13.9. The lowest BCUT2D eigenvalue weighted by molar-refractivity contribution is -0.119. The molecule has 0 aliphatic carbocycles. The number of fused-ring (bicyclic) bond motifs is 1. The van der Waals surface area contributed by atoms with E-state index >= 15 is 0 Å². The van der Waals surface area contributed by atoms with E-state index in [0.29, 0.717) is 17.1 Å². The number of carbonyl (C=O) groups is 1. The number of ether oxygens (including phenoxy) is 1. The van der Waals surface area contributed by atoms with Gasteiger partial charge in [0.2, 0.25) is 0 Å². The molecule has 0 radical (unpaired) electrons. The van der Waals surface area contributed by atoms with Crippen LogP contribution >= 0.6 is 12.4 Å². The number of H-pyrrole nitrogens is 1. The zero-order valence-electron chi connectivity index (χ0n) is 13.1. The van der Waals surface area contributed by atoms with E-state index in [1.165, 1.54) is 0 Å². The Balaban J connectivity index is 0.00000225. The Kier molecular flexibility index (Phi) is 5.77. The molecule has 25 heavy (non-hydrogen) atoms. The normalized spacial score (nSPS) is 10.8. The Morgan fingerprint density at radius 2 is 1.96 bits per heavy atom. The number of allylic oxidation sites excluding steroid dienone is 1. The summed E-state index contributed by atoms with van der Waals surface area (Å²) in [5.41, 5.74) is 7.96. The molecule has 0 fully saturated rings. The van der Waals surface area contributed by atoms with Crippen LogP contribution in [0.2, 0.25) is 0 Å². The average Bonchev–Trinajstić information content (AvgIpc) is 3.02. The van der Waals surface area contributed by atoms with Gasteiger partial charge < -0.3 is 15.5 Å². The van der Waals surface area contributed by atoms with Crippen LogP contribution in [0, 0.1) is 11.3 Å². The number of primary amides is 1. The van der Waals surface area contributed by atoms with Crippen LogP contribution < -0.4 is 10.5 Å². The molecule has 126 valence electrons. The van der Waals surface area contributed by atoms with Gasteiger partial charge in [0.25, 0.3) is 5.91 Å². The van der Waals surface area contributed by atoms with Crippen molar-refractivity contribution >= 4 is 41.0 Å². The van der Waals surface area contributed by atoms with Gasteiger partial charge in [-0.25, -0.2) is 4.98 Å². The van der Waals surface area contributed by atoms with Crippen LogP contribution in [0.15, 0.2) is 48.5 Å². The summed E-state index contributed by atoms with van der Waals surface area (Å²) in [6.45, 7) is -0.169. The SMILES string of the molecule is Cl.N#CC(=Cc1ccc(OCC(N)=O)cc1)c1nc2ccccc2[nH]1. The summed E-state index contributed by atoms with van der Waals surface area (Å²) in [5, 5.41) is 9.41. The fraction of sp³-hybridized carbons (Fsp3) is 0.0556. The molecule has 0 saturated heterocycles. The number of nitrogens with two attached hydrogens (primary N) is 1. The number of aromatic nitrogens is 2. The van der Waals surface area contributed by atoms with Gasteiger partial charge in [-0.2, -0.15) is 5.26 Å². The number of para-hydroxylation sites is 2. The van der Waals surface area contributed by atoms with E-state index in [-0.39, 0.29) is 19.0 Å². The molecular formula is C18H15ClN4O2. The number of nitrogens with one attached hydrogen (secondary N) is 1. The minimum absolute atomic E-state index is 0. The standard InChI is InChI=1S/C18H14N4O2.ClH/c19-10-13(18-21-15-3-1-2-4-16(15)22-18)9-12-5-7-14(8-6-12)24-11-17(20)23;/h1-9H,11H2,(H2,20,23)(H,21,22);1H. The van der Waals surface area contributed by atoms with E-state index < -0.39 is 5.91 Å². The largest absolute Gasteiger partial charge is 0.484 e. The number of halogens is 1. The lowest BCUT2D eigenvalue weighted by Gasteiger charge is -2.03. The highest BCUT2D eigenvalue weighted by Gasteiger charge is 2.07. The van der Waals surface area contributed by atoms with Gasteiger partial charge in [-0.3, -0.25) is 4.79 Å². The summed E-state index contributed by atoms with van der Waals surface area (Å²) in [4.78, 5) is 18.3. The number of hydrogen-bond acceptors (Lipinski definition) is 4. The summed E-state index contributed by atoms with van der Waals surface area (Å²) in [6, 6.07) is 16.8. The van der Waals surface area contributed by atoms with Crippen LogP contribution in [-0.2, 0) is 4.79 Å². The smallest absolute Gasteiger partial charge is 0.255 e. The number of nitrogens with zero attached hydrogens (tertiary/aromatic N) is 2. The maximum absolute atomic E-state index is 10.7. The summed E-state index contributed by atoms with van der Waals surface area (Å²) < 4.78 is 5.20. The molecule has 1 heterocycles. The van der Waals surface area contributed by atoms with Gasteiger partial charge in [-0.15, -0.1) is 12.4 Å². The third-order valence-electron chi connectivity index (χ3n) is 3.34. The fourth-order valence-corrected chi connectivity index (χ4v) is 2.22. The number of nitriles is 1. The number of benzene rings is 2. The molecule has 3 aromatic rings. The van der Waals surface area contributed by atoms with Crippen molar-refractivity contribution in [3.8, 4) is 11.8 Å².